The summed E-state index contributed by atoms with van der Waals surface area (Å²) < 4.78 is 5.39. The molecule has 1 aliphatic rings. The summed E-state index contributed by atoms with van der Waals surface area (Å²) >= 11 is 0. The predicted octanol–water partition coefficient (Wildman–Crippen LogP) is 3.86. The van der Waals surface area contributed by atoms with Gasteiger partial charge in [-0.3, -0.25) is 14.5 Å². The standard InChI is InChI=1S/C21H21NO4/c1-21(2,3)15-6-10-17(11-7-15)26-20(25)14-4-8-16(9-5-14)22-18(23)12-13-19(22)24/h4-11H,12-13H2,1-3H3. The maximum Gasteiger partial charge on any atom is 0.343 e. The van der Waals surface area contributed by atoms with E-state index in [0.717, 1.165) is 10.5 Å². The second-order valence-corrected chi connectivity index (χ2v) is 7.33. The van der Waals surface area contributed by atoms with E-state index in [-0.39, 0.29) is 30.1 Å². The van der Waals surface area contributed by atoms with E-state index in [1.807, 2.05) is 12.1 Å². The number of benzene rings is 2. The van der Waals surface area contributed by atoms with Gasteiger partial charge in [-0.25, -0.2) is 4.79 Å². The van der Waals surface area contributed by atoms with Gasteiger partial charge in [-0.2, -0.15) is 0 Å². The van der Waals surface area contributed by atoms with Gasteiger partial charge in [0.05, 0.1) is 11.3 Å². The van der Waals surface area contributed by atoms with Gasteiger partial charge in [-0.1, -0.05) is 32.9 Å². The van der Waals surface area contributed by atoms with Gasteiger partial charge in [-0.15, -0.1) is 0 Å². The van der Waals surface area contributed by atoms with Crippen LogP contribution < -0.4 is 9.64 Å². The first kappa shape index (κ1) is 17.9. The molecule has 1 heterocycles. The first-order valence-electron chi connectivity index (χ1n) is 8.54. The highest BCUT2D eigenvalue weighted by Gasteiger charge is 2.30. The predicted molar refractivity (Wildman–Crippen MR) is 98.3 cm³/mol. The zero-order valence-corrected chi connectivity index (χ0v) is 15.1. The molecule has 0 spiro atoms. The zero-order valence-electron chi connectivity index (χ0n) is 15.1. The lowest BCUT2D eigenvalue weighted by atomic mass is 9.87. The number of ether oxygens (including phenoxy) is 1. The van der Waals surface area contributed by atoms with E-state index >= 15 is 0 Å². The maximum atomic E-state index is 12.3. The molecule has 2 aromatic carbocycles. The van der Waals surface area contributed by atoms with Crippen LogP contribution in [0, 0.1) is 0 Å². The molecule has 0 unspecified atom stereocenters. The average molecular weight is 351 g/mol. The first-order chi connectivity index (χ1) is 12.3. The molecule has 2 amide bonds. The van der Waals surface area contributed by atoms with Crippen molar-refractivity contribution in [3.8, 4) is 5.75 Å². The van der Waals surface area contributed by atoms with E-state index in [1.165, 1.54) is 0 Å². The van der Waals surface area contributed by atoms with Gasteiger partial charge in [0.25, 0.3) is 0 Å². The Morgan fingerprint density at radius 2 is 1.42 bits per heavy atom. The van der Waals surface area contributed by atoms with Gasteiger partial charge >= 0.3 is 5.97 Å². The van der Waals surface area contributed by atoms with E-state index in [1.54, 1.807) is 36.4 Å². The summed E-state index contributed by atoms with van der Waals surface area (Å²) in [5.74, 6) is -0.454. The van der Waals surface area contributed by atoms with Gasteiger partial charge < -0.3 is 4.74 Å². The Labute approximate surface area is 152 Å². The largest absolute Gasteiger partial charge is 0.423 e. The third kappa shape index (κ3) is 3.67. The number of amides is 2. The van der Waals surface area contributed by atoms with Crippen molar-refractivity contribution in [1.29, 1.82) is 0 Å². The highest BCUT2D eigenvalue weighted by molar-refractivity contribution is 6.19. The lowest BCUT2D eigenvalue weighted by Crippen LogP contribution is -2.28. The number of carbonyl (C=O) groups excluding carboxylic acids is 3. The highest BCUT2D eigenvalue weighted by Crippen LogP contribution is 2.25. The first-order valence-corrected chi connectivity index (χ1v) is 8.54. The molecule has 0 aromatic heterocycles. The Bertz CT molecular complexity index is 829. The number of hydrogen-bond donors (Lipinski definition) is 0. The highest BCUT2D eigenvalue weighted by atomic mass is 16.5. The fourth-order valence-electron chi connectivity index (χ4n) is 2.80. The summed E-state index contributed by atoms with van der Waals surface area (Å²) in [7, 11) is 0. The molecule has 0 atom stereocenters. The number of rotatable bonds is 3. The molecule has 26 heavy (non-hydrogen) atoms. The van der Waals surface area contributed by atoms with Crippen LogP contribution in [-0.4, -0.2) is 17.8 Å². The van der Waals surface area contributed by atoms with E-state index in [4.69, 9.17) is 4.74 Å². The van der Waals surface area contributed by atoms with Crippen molar-refractivity contribution in [2.75, 3.05) is 4.90 Å². The second-order valence-electron chi connectivity index (χ2n) is 7.33. The fourth-order valence-corrected chi connectivity index (χ4v) is 2.80. The van der Waals surface area contributed by atoms with Crippen molar-refractivity contribution in [2.24, 2.45) is 0 Å². The number of imide groups is 1. The maximum absolute atomic E-state index is 12.3. The number of anilines is 1. The van der Waals surface area contributed by atoms with Crippen LogP contribution in [0.15, 0.2) is 48.5 Å². The summed E-state index contributed by atoms with van der Waals surface area (Å²) in [5.41, 5.74) is 2.01. The van der Waals surface area contributed by atoms with Crippen LogP contribution in [0.2, 0.25) is 0 Å². The minimum Gasteiger partial charge on any atom is -0.423 e. The van der Waals surface area contributed by atoms with Crippen LogP contribution in [0.1, 0.15) is 49.5 Å². The fraction of sp³-hybridized carbons (Fsp3) is 0.286. The summed E-state index contributed by atoms with van der Waals surface area (Å²) in [6.45, 7) is 6.35. The Kier molecular flexibility index (Phi) is 4.64. The van der Waals surface area contributed by atoms with Gasteiger partial charge in [-0.05, 0) is 47.4 Å². The molecular formula is C21H21NO4. The Hall–Kier alpha value is -2.95. The number of carbonyl (C=O) groups is 3. The van der Waals surface area contributed by atoms with Crippen LogP contribution in [-0.2, 0) is 15.0 Å². The lowest BCUT2D eigenvalue weighted by Gasteiger charge is -2.19. The molecule has 0 radical (unpaired) electrons. The zero-order chi connectivity index (χ0) is 18.9. The number of esters is 1. The normalized spacial score (nSPS) is 14.7. The molecule has 5 nitrogen and oxygen atoms in total. The molecule has 3 rings (SSSR count). The van der Waals surface area contributed by atoms with Gasteiger partial charge in [0, 0.05) is 12.8 Å². The smallest absolute Gasteiger partial charge is 0.343 e. The van der Waals surface area contributed by atoms with Gasteiger partial charge in [0.15, 0.2) is 0 Å². The summed E-state index contributed by atoms with van der Waals surface area (Å²) in [6, 6.07) is 13.7. The molecule has 0 saturated carbocycles. The molecule has 0 aliphatic carbocycles. The van der Waals surface area contributed by atoms with Crippen molar-refractivity contribution in [2.45, 2.75) is 39.0 Å². The van der Waals surface area contributed by atoms with Crippen LogP contribution in [0.3, 0.4) is 0 Å². The SMILES string of the molecule is CC(C)(C)c1ccc(OC(=O)c2ccc(N3C(=O)CCC3=O)cc2)cc1. The van der Waals surface area contributed by atoms with Crippen molar-refractivity contribution in [3.05, 3.63) is 59.7 Å². The number of nitrogens with zero attached hydrogens (tertiary/aromatic N) is 1. The quantitative estimate of drug-likeness (QED) is 0.479. The van der Waals surface area contributed by atoms with Gasteiger partial charge in [0.2, 0.25) is 11.8 Å². The van der Waals surface area contributed by atoms with E-state index < -0.39 is 5.97 Å². The van der Waals surface area contributed by atoms with E-state index in [0.29, 0.717) is 17.0 Å². The van der Waals surface area contributed by atoms with E-state index in [2.05, 4.69) is 20.8 Å². The third-order valence-electron chi connectivity index (χ3n) is 4.34. The molecule has 0 N–H and O–H groups in total. The lowest BCUT2D eigenvalue weighted by molar-refractivity contribution is -0.121. The molecule has 5 heteroatoms. The molecule has 1 fully saturated rings. The minimum atomic E-state index is -0.487. The summed E-state index contributed by atoms with van der Waals surface area (Å²) in [4.78, 5) is 37.0. The molecular weight excluding hydrogens is 330 g/mol. The molecule has 0 bridgehead atoms. The number of hydrogen-bond acceptors (Lipinski definition) is 4. The van der Waals surface area contributed by atoms with Crippen LogP contribution >= 0.6 is 0 Å². The van der Waals surface area contributed by atoms with Crippen molar-refractivity contribution >= 4 is 23.5 Å². The molecule has 2 aromatic rings. The molecule has 134 valence electrons. The Morgan fingerprint density at radius 3 is 1.92 bits per heavy atom. The Morgan fingerprint density at radius 1 is 0.885 bits per heavy atom. The van der Waals surface area contributed by atoms with Crippen LogP contribution in [0.25, 0.3) is 0 Å². The topological polar surface area (TPSA) is 63.7 Å². The van der Waals surface area contributed by atoms with Crippen LogP contribution in [0.4, 0.5) is 5.69 Å². The monoisotopic (exact) mass is 351 g/mol. The van der Waals surface area contributed by atoms with Crippen molar-refractivity contribution in [1.82, 2.24) is 0 Å². The average Bonchev–Trinajstić information content (AvgIpc) is 2.93. The van der Waals surface area contributed by atoms with Crippen molar-refractivity contribution < 1.29 is 19.1 Å². The summed E-state index contributed by atoms with van der Waals surface area (Å²) in [6.07, 6.45) is 0.459. The Balaban J connectivity index is 1.70. The van der Waals surface area contributed by atoms with Crippen LogP contribution in [0.5, 0.6) is 5.75 Å². The molecule has 1 saturated heterocycles. The summed E-state index contributed by atoms with van der Waals surface area (Å²) in [5, 5.41) is 0. The second kappa shape index (κ2) is 6.75. The third-order valence-corrected chi connectivity index (χ3v) is 4.34. The van der Waals surface area contributed by atoms with Crippen molar-refractivity contribution in [3.63, 3.8) is 0 Å². The van der Waals surface area contributed by atoms with Gasteiger partial charge in [0.1, 0.15) is 5.75 Å². The molecule has 1 aliphatic heterocycles. The minimum absolute atomic E-state index is 0.0306. The van der Waals surface area contributed by atoms with E-state index in [9.17, 15) is 14.4 Å².